The maximum atomic E-state index is 5.22. The molecule has 0 bridgehead atoms. The highest BCUT2D eigenvalue weighted by Crippen LogP contribution is 2.26. The van der Waals surface area contributed by atoms with Crippen LogP contribution in [0, 0.1) is 0 Å². The summed E-state index contributed by atoms with van der Waals surface area (Å²) in [6, 6.07) is 9.98. The van der Waals surface area contributed by atoms with E-state index >= 15 is 0 Å². The molecule has 3 rings (SSSR count). The van der Waals surface area contributed by atoms with E-state index in [1.807, 2.05) is 0 Å². The fourth-order valence-corrected chi connectivity index (χ4v) is 3.51. The van der Waals surface area contributed by atoms with E-state index < -0.39 is 0 Å². The quantitative estimate of drug-likeness (QED) is 0.903. The molecule has 1 aromatic rings. The predicted octanol–water partition coefficient (Wildman–Crippen LogP) is 2.41. The molecule has 1 aliphatic heterocycles. The number of fused-ring (bicyclic) bond motifs is 1. The lowest BCUT2D eigenvalue weighted by Gasteiger charge is -2.44. The summed E-state index contributed by atoms with van der Waals surface area (Å²) in [5.74, 6) is 0.944. The Morgan fingerprint density at radius 2 is 2.00 bits per heavy atom. The van der Waals surface area contributed by atoms with Crippen LogP contribution < -0.4 is 10.1 Å². The molecule has 1 heterocycles. The largest absolute Gasteiger partial charge is 0.497 e. The van der Waals surface area contributed by atoms with Gasteiger partial charge in [-0.05, 0) is 30.5 Å². The van der Waals surface area contributed by atoms with Gasteiger partial charge in [-0.2, -0.15) is 0 Å². The van der Waals surface area contributed by atoms with Crippen LogP contribution in [0.25, 0.3) is 0 Å². The van der Waals surface area contributed by atoms with Crippen LogP contribution in [-0.4, -0.2) is 37.2 Å². The van der Waals surface area contributed by atoms with E-state index in [4.69, 9.17) is 4.74 Å². The van der Waals surface area contributed by atoms with Crippen molar-refractivity contribution in [2.45, 2.75) is 44.3 Å². The zero-order valence-corrected chi connectivity index (χ0v) is 11.8. The molecule has 0 aromatic heterocycles. The summed E-state index contributed by atoms with van der Waals surface area (Å²) >= 11 is 0. The molecule has 0 spiro atoms. The second kappa shape index (κ2) is 5.93. The number of ether oxygens (including phenoxy) is 1. The van der Waals surface area contributed by atoms with E-state index in [0.29, 0.717) is 0 Å². The Morgan fingerprint density at radius 3 is 2.79 bits per heavy atom. The summed E-state index contributed by atoms with van der Waals surface area (Å²) in [5, 5.41) is 3.69. The molecular formula is C16H24N2O. The van der Waals surface area contributed by atoms with Crippen molar-refractivity contribution in [1.82, 2.24) is 10.2 Å². The molecule has 2 fully saturated rings. The van der Waals surface area contributed by atoms with Crippen molar-refractivity contribution >= 4 is 0 Å². The minimum Gasteiger partial charge on any atom is -0.497 e. The Morgan fingerprint density at radius 1 is 1.21 bits per heavy atom. The van der Waals surface area contributed by atoms with E-state index in [0.717, 1.165) is 30.9 Å². The van der Waals surface area contributed by atoms with Crippen molar-refractivity contribution in [3.63, 3.8) is 0 Å². The van der Waals surface area contributed by atoms with Gasteiger partial charge in [0.05, 0.1) is 7.11 Å². The number of nitrogens with one attached hydrogen (secondary N) is 1. The highest BCUT2D eigenvalue weighted by molar-refractivity contribution is 5.27. The van der Waals surface area contributed by atoms with Gasteiger partial charge in [-0.25, -0.2) is 0 Å². The van der Waals surface area contributed by atoms with Crippen LogP contribution in [0.3, 0.4) is 0 Å². The molecule has 1 saturated carbocycles. The van der Waals surface area contributed by atoms with Crippen molar-refractivity contribution in [2.75, 3.05) is 20.2 Å². The molecule has 2 atom stereocenters. The Hall–Kier alpha value is -1.06. The smallest absolute Gasteiger partial charge is 0.118 e. The lowest BCUT2D eigenvalue weighted by atomic mass is 9.87. The van der Waals surface area contributed by atoms with Crippen LogP contribution in [0.1, 0.15) is 31.2 Å². The van der Waals surface area contributed by atoms with E-state index in [1.54, 1.807) is 7.11 Å². The molecule has 3 heteroatoms. The van der Waals surface area contributed by atoms with Crippen molar-refractivity contribution in [1.29, 1.82) is 0 Å². The van der Waals surface area contributed by atoms with Crippen LogP contribution in [0.4, 0.5) is 0 Å². The summed E-state index contributed by atoms with van der Waals surface area (Å²) in [5.41, 5.74) is 1.40. The van der Waals surface area contributed by atoms with Gasteiger partial charge >= 0.3 is 0 Å². The molecule has 104 valence electrons. The fourth-order valence-electron chi connectivity index (χ4n) is 3.51. The lowest BCUT2D eigenvalue weighted by Crippen LogP contribution is -2.58. The molecule has 3 nitrogen and oxygen atoms in total. The zero-order chi connectivity index (χ0) is 13.1. The predicted molar refractivity (Wildman–Crippen MR) is 77.5 cm³/mol. The first-order chi connectivity index (χ1) is 9.36. The highest BCUT2D eigenvalue weighted by Gasteiger charge is 2.32. The lowest BCUT2D eigenvalue weighted by molar-refractivity contribution is 0.0815. The van der Waals surface area contributed by atoms with Crippen molar-refractivity contribution in [3.8, 4) is 5.75 Å². The van der Waals surface area contributed by atoms with Gasteiger partial charge in [-0.1, -0.05) is 25.0 Å². The topological polar surface area (TPSA) is 24.5 Å². The van der Waals surface area contributed by atoms with E-state index in [-0.39, 0.29) is 0 Å². The summed E-state index contributed by atoms with van der Waals surface area (Å²) in [7, 11) is 1.72. The Bertz CT molecular complexity index is 402. The third-order valence-corrected chi connectivity index (χ3v) is 4.55. The summed E-state index contributed by atoms with van der Waals surface area (Å²) in [6.45, 7) is 3.39. The van der Waals surface area contributed by atoms with Gasteiger partial charge in [-0.15, -0.1) is 0 Å². The van der Waals surface area contributed by atoms with E-state index in [1.165, 1.54) is 37.8 Å². The minimum atomic E-state index is 0.723. The Labute approximate surface area is 115 Å². The van der Waals surface area contributed by atoms with Crippen molar-refractivity contribution in [2.24, 2.45) is 0 Å². The number of piperazine rings is 1. The first kappa shape index (κ1) is 12.9. The number of hydrogen-bond donors (Lipinski definition) is 1. The minimum absolute atomic E-state index is 0.723. The number of methoxy groups -OCH3 is 1. The van der Waals surface area contributed by atoms with Crippen LogP contribution in [-0.2, 0) is 6.54 Å². The van der Waals surface area contributed by atoms with Crippen LogP contribution in [0.2, 0.25) is 0 Å². The van der Waals surface area contributed by atoms with Gasteiger partial charge in [0.15, 0.2) is 0 Å². The number of hydrogen-bond acceptors (Lipinski definition) is 3. The van der Waals surface area contributed by atoms with Crippen molar-refractivity contribution < 1.29 is 4.74 Å². The zero-order valence-electron chi connectivity index (χ0n) is 11.8. The second-order valence-electron chi connectivity index (χ2n) is 5.73. The molecule has 1 aliphatic carbocycles. The molecule has 0 radical (unpaired) electrons. The monoisotopic (exact) mass is 260 g/mol. The normalized spacial score (nSPS) is 27.8. The molecule has 1 aromatic carbocycles. The van der Waals surface area contributed by atoms with Gasteiger partial charge in [0, 0.05) is 31.7 Å². The van der Waals surface area contributed by atoms with Gasteiger partial charge in [-0.3, -0.25) is 4.90 Å². The Balaban J connectivity index is 1.66. The number of nitrogens with zero attached hydrogens (tertiary/aromatic N) is 1. The third-order valence-electron chi connectivity index (χ3n) is 4.55. The molecule has 1 saturated heterocycles. The van der Waals surface area contributed by atoms with Gasteiger partial charge in [0.2, 0.25) is 0 Å². The molecule has 0 unspecified atom stereocenters. The SMILES string of the molecule is COc1ccc(CN2CCN[C@H]3CCCC[C@H]32)cc1. The van der Waals surface area contributed by atoms with Gasteiger partial charge in [0.25, 0.3) is 0 Å². The molecular weight excluding hydrogens is 236 g/mol. The first-order valence-electron chi connectivity index (χ1n) is 7.47. The van der Waals surface area contributed by atoms with Crippen LogP contribution in [0.5, 0.6) is 5.75 Å². The van der Waals surface area contributed by atoms with Gasteiger partial charge < -0.3 is 10.1 Å². The maximum absolute atomic E-state index is 5.22. The number of benzene rings is 1. The fraction of sp³-hybridized carbons (Fsp3) is 0.625. The molecule has 1 N–H and O–H groups in total. The van der Waals surface area contributed by atoms with Crippen LogP contribution in [0.15, 0.2) is 24.3 Å². The summed E-state index contributed by atoms with van der Waals surface area (Å²) in [6.07, 6.45) is 5.49. The summed E-state index contributed by atoms with van der Waals surface area (Å²) < 4.78 is 5.22. The third kappa shape index (κ3) is 2.93. The van der Waals surface area contributed by atoms with E-state index in [2.05, 4.69) is 34.5 Å². The second-order valence-corrected chi connectivity index (χ2v) is 5.73. The number of rotatable bonds is 3. The highest BCUT2D eigenvalue weighted by atomic mass is 16.5. The van der Waals surface area contributed by atoms with E-state index in [9.17, 15) is 0 Å². The summed E-state index contributed by atoms with van der Waals surface area (Å²) in [4.78, 5) is 2.67. The molecule has 2 aliphatic rings. The first-order valence-corrected chi connectivity index (χ1v) is 7.47. The van der Waals surface area contributed by atoms with Gasteiger partial charge in [0.1, 0.15) is 5.75 Å². The van der Waals surface area contributed by atoms with Crippen molar-refractivity contribution in [3.05, 3.63) is 29.8 Å². The molecule has 0 amide bonds. The van der Waals surface area contributed by atoms with Crippen LogP contribution >= 0.6 is 0 Å². The maximum Gasteiger partial charge on any atom is 0.118 e. The standard InChI is InChI=1S/C16H24N2O/c1-19-14-8-6-13(7-9-14)12-18-11-10-17-15-4-2-3-5-16(15)18/h6-9,15-17H,2-5,10-12H2,1H3/t15-,16+/m0/s1. The Kier molecular flexibility index (Phi) is 4.04. The average Bonchev–Trinajstić information content (AvgIpc) is 2.48. The average molecular weight is 260 g/mol. The molecule has 19 heavy (non-hydrogen) atoms.